The van der Waals surface area contributed by atoms with Gasteiger partial charge in [-0.15, -0.1) is 23.7 Å². The van der Waals surface area contributed by atoms with Crippen LogP contribution in [-0.4, -0.2) is 11.9 Å². The first kappa shape index (κ1) is 20.0. The molecule has 1 aromatic carbocycles. The third-order valence-corrected chi connectivity index (χ3v) is 5.83. The number of nitrogens with one attached hydrogen (secondary N) is 1. The average molecular weight is 379 g/mol. The number of rotatable bonds is 5. The van der Waals surface area contributed by atoms with E-state index in [4.69, 9.17) is 5.73 Å². The lowest BCUT2D eigenvalue weighted by molar-refractivity contribution is -0.125. The van der Waals surface area contributed by atoms with Gasteiger partial charge in [-0.1, -0.05) is 44.2 Å². The Morgan fingerprint density at radius 2 is 1.84 bits per heavy atom. The highest BCUT2D eigenvalue weighted by molar-refractivity contribution is 7.10. The second kappa shape index (κ2) is 8.84. The average Bonchev–Trinajstić information content (AvgIpc) is 3.24. The maximum Gasteiger partial charge on any atom is 0.223 e. The van der Waals surface area contributed by atoms with Gasteiger partial charge in [0.05, 0.1) is 6.04 Å². The molecular formula is C20H27ClN2OS. The van der Waals surface area contributed by atoms with Crippen LogP contribution in [0.15, 0.2) is 41.8 Å². The molecule has 1 aliphatic rings. The topological polar surface area (TPSA) is 55.1 Å². The van der Waals surface area contributed by atoms with Crippen LogP contribution in [0.1, 0.15) is 61.1 Å². The largest absolute Gasteiger partial charge is 0.344 e. The zero-order chi connectivity index (χ0) is 17.1. The highest BCUT2D eigenvalue weighted by Gasteiger charge is 2.29. The van der Waals surface area contributed by atoms with Crippen LogP contribution in [0, 0.1) is 5.92 Å². The van der Waals surface area contributed by atoms with Gasteiger partial charge < -0.3 is 11.1 Å². The summed E-state index contributed by atoms with van der Waals surface area (Å²) in [5.74, 6) is 0.695. The fraction of sp³-hybridized carbons (Fsp3) is 0.450. The van der Waals surface area contributed by atoms with E-state index in [0.717, 1.165) is 24.8 Å². The van der Waals surface area contributed by atoms with Crippen LogP contribution < -0.4 is 11.1 Å². The molecule has 1 fully saturated rings. The van der Waals surface area contributed by atoms with Crippen LogP contribution in [-0.2, 0) is 4.79 Å². The van der Waals surface area contributed by atoms with Crippen LogP contribution in [0.5, 0.6) is 0 Å². The highest BCUT2D eigenvalue weighted by atomic mass is 35.5. The summed E-state index contributed by atoms with van der Waals surface area (Å²) in [5.41, 5.74) is 8.42. The minimum atomic E-state index is -0.0736. The van der Waals surface area contributed by atoms with Crippen molar-refractivity contribution in [1.29, 1.82) is 0 Å². The Bertz CT molecular complexity index is 670. The zero-order valence-corrected chi connectivity index (χ0v) is 16.4. The molecule has 2 aromatic rings. The highest BCUT2D eigenvalue weighted by Crippen LogP contribution is 2.30. The van der Waals surface area contributed by atoms with Gasteiger partial charge in [0.1, 0.15) is 0 Å². The van der Waals surface area contributed by atoms with Crippen molar-refractivity contribution >= 4 is 29.7 Å². The van der Waals surface area contributed by atoms with Crippen LogP contribution in [0.2, 0.25) is 0 Å². The normalized spacial score (nSPS) is 21.0. The molecule has 136 valence electrons. The van der Waals surface area contributed by atoms with Crippen molar-refractivity contribution in [2.45, 2.75) is 51.1 Å². The first-order valence-electron chi connectivity index (χ1n) is 8.74. The number of benzene rings is 1. The maximum absolute atomic E-state index is 12.7. The number of hydrogen-bond acceptors (Lipinski definition) is 3. The van der Waals surface area contributed by atoms with Gasteiger partial charge in [-0.25, -0.2) is 0 Å². The summed E-state index contributed by atoms with van der Waals surface area (Å²) in [4.78, 5) is 13.9. The summed E-state index contributed by atoms with van der Waals surface area (Å²) in [6.07, 6.45) is 2.65. The third kappa shape index (κ3) is 4.84. The van der Waals surface area contributed by atoms with Crippen molar-refractivity contribution in [2.24, 2.45) is 11.7 Å². The fourth-order valence-corrected chi connectivity index (χ4v) is 4.16. The Balaban J connectivity index is 0.00000225. The second-order valence-electron chi connectivity index (χ2n) is 7.05. The predicted octanol–water partition coefficient (Wildman–Crippen LogP) is 4.63. The molecule has 3 rings (SSSR count). The molecule has 0 radical (unpaired) electrons. The van der Waals surface area contributed by atoms with Gasteiger partial charge in [-0.05, 0) is 47.8 Å². The first-order valence-corrected chi connectivity index (χ1v) is 9.61. The summed E-state index contributed by atoms with van der Waals surface area (Å²) in [6, 6.07) is 12.8. The molecule has 0 bridgehead atoms. The van der Waals surface area contributed by atoms with Crippen molar-refractivity contribution in [3.05, 3.63) is 57.8 Å². The minimum Gasteiger partial charge on any atom is -0.344 e. The molecule has 5 heteroatoms. The number of thiophene rings is 1. The maximum atomic E-state index is 12.7. The lowest BCUT2D eigenvalue weighted by Gasteiger charge is -2.21. The van der Waals surface area contributed by atoms with Gasteiger partial charge in [-0.3, -0.25) is 4.79 Å². The SMILES string of the molecule is CC(C)c1ccc(C(NC(=O)C2CCC(N)C2)c2cccs2)cc1.Cl. The van der Waals surface area contributed by atoms with E-state index < -0.39 is 0 Å². The van der Waals surface area contributed by atoms with Gasteiger partial charge in [0.25, 0.3) is 0 Å². The number of nitrogens with two attached hydrogens (primary N) is 1. The molecule has 1 saturated carbocycles. The monoisotopic (exact) mass is 378 g/mol. The Kier molecular flexibility index (Phi) is 7.05. The van der Waals surface area contributed by atoms with E-state index in [2.05, 4.69) is 54.9 Å². The molecule has 1 heterocycles. The smallest absolute Gasteiger partial charge is 0.223 e. The standard InChI is InChI=1S/C20H26N2OS.ClH/c1-13(2)14-5-7-15(8-6-14)19(18-4-3-11-24-18)22-20(23)16-9-10-17(21)12-16;/h3-8,11,13,16-17,19H,9-10,12,21H2,1-2H3,(H,22,23);1H. The summed E-state index contributed by atoms with van der Waals surface area (Å²) in [7, 11) is 0. The Morgan fingerprint density at radius 3 is 2.36 bits per heavy atom. The van der Waals surface area contributed by atoms with E-state index in [9.17, 15) is 4.79 Å². The van der Waals surface area contributed by atoms with Gasteiger partial charge in [-0.2, -0.15) is 0 Å². The Morgan fingerprint density at radius 1 is 1.16 bits per heavy atom. The van der Waals surface area contributed by atoms with Gasteiger partial charge >= 0.3 is 0 Å². The lowest BCUT2D eigenvalue weighted by atomic mass is 9.97. The van der Waals surface area contributed by atoms with E-state index >= 15 is 0 Å². The molecule has 1 aliphatic carbocycles. The molecule has 25 heavy (non-hydrogen) atoms. The molecule has 3 nitrogen and oxygen atoms in total. The van der Waals surface area contributed by atoms with E-state index in [1.54, 1.807) is 11.3 Å². The van der Waals surface area contributed by atoms with Gasteiger partial charge in [0.2, 0.25) is 5.91 Å². The molecule has 3 unspecified atom stereocenters. The molecule has 3 atom stereocenters. The summed E-state index contributed by atoms with van der Waals surface area (Å²) in [6.45, 7) is 4.38. The van der Waals surface area contributed by atoms with E-state index in [1.165, 1.54) is 10.4 Å². The van der Waals surface area contributed by atoms with Crippen molar-refractivity contribution in [2.75, 3.05) is 0 Å². The number of hydrogen-bond donors (Lipinski definition) is 2. The number of carbonyl (C=O) groups excluding carboxylic acids is 1. The third-order valence-electron chi connectivity index (χ3n) is 4.89. The van der Waals surface area contributed by atoms with Crippen molar-refractivity contribution < 1.29 is 4.79 Å². The summed E-state index contributed by atoms with van der Waals surface area (Å²) < 4.78 is 0. The molecule has 3 N–H and O–H groups in total. The van der Waals surface area contributed by atoms with Crippen molar-refractivity contribution in [3.8, 4) is 0 Å². The second-order valence-corrected chi connectivity index (χ2v) is 8.03. The lowest BCUT2D eigenvalue weighted by Crippen LogP contribution is -2.34. The van der Waals surface area contributed by atoms with Crippen molar-refractivity contribution in [3.63, 3.8) is 0 Å². The first-order chi connectivity index (χ1) is 11.5. The van der Waals surface area contributed by atoms with Crippen LogP contribution in [0.3, 0.4) is 0 Å². The fourth-order valence-electron chi connectivity index (χ4n) is 3.36. The summed E-state index contributed by atoms with van der Waals surface area (Å²) >= 11 is 1.68. The quantitative estimate of drug-likeness (QED) is 0.797. The minimum absolute atomic E-state index is 0. The molecule has 0 spiro atoms. The van der Waals surface area contributed by atoms with E-state index in [1.807, 2.05) is 6.07 Å². The number of carbonyl (C=O) groups is 1. The van der Waals surface area contributed by atoms with Crippen LogP contribution in [0.4, 0.5) is 0 Å². The molecule has 0 aliphatic heterocycles. The molecule has 1 aromatic heterocycles. The zero-order valence-electron chi connectivity index (χ0n) is 14.8. The van der Waals surface area contributed by atoms with E-state index in [0.29, 0.717) is 5.92 Å². The molecular weight excluding hydrogens is 352 g/mol. The number of halogens is 1. The molecule has 0 saturated heterocycles. The summed E-state index contributed by atoms with van der Waals surface area (Å²) in [5, 5.41) is 5.32. The van der Waals surface area contributed by atoms with E-state index in [-0.39, 0.29) is 36.3 Å². The van der Waals surface area contributed by atoms with Gasteiger partial charge in [0.15, 0.2) is 0 Å². The number of amides is 1. The Labute approximate surface area is 160 Å². The Hall–Kier alpha value is -1.36. The van der Waals surface area contributed by atoms with Gasteiger partial charge in [0, 0.05) is 16.8 Å². The predicted molar refractivity (Wildman–Crippen MR) is 107 cm³/mol. The molecule has 1 amide bonds. The van der Waals surface area contributed by atoms with Crippen LogP contribution in [0.25, 0.3) is 0 Å². The van der Waals surface area contributed by atoms with Crippen molar-refractivity contribution in [1.82, 2.24) is 5.32 Å². The van der Waals surface area contributed by atoms with Crippen LogP contribution >= 0.6 is 23.7 Å².